The maximum Gasteiger partial charge on any atom is 0.403 e. The molecule has 1 atom stereocenters. The van der Waals surface area contributed by atoms with Gasteiger partial charge in [-0.25, -0.2) is 4.68 Å². The Bertz CT molecular complexity index is 1250. The predicted octanol–water partition coefficient (Wildman–Crippen LogP) is 2.53. The molecule has 0 aliphatic carbocycles. The van der Waals surface area contributed by atoms with Crippen molar-refractivity contribution in [2.24, 2.45) is 13.0 Å². The van der Waals surface area contributed by atoms with Crippen molar-refractivity contribution in [3.05, 3.63) is 76.0 Å². The minimum atomic E-state index is -4.26. The van der Waals surface area contributed by atoms with Crippen LogP contribution in [0.4, 0.5) is 13.2 Å². The predicted molar refractivity (Wildman–Crippen MR) is 121 cm³/mol. The molecule has 0 bridgehead atoms. The lowest BCUT2D eigenvalue weighted by Crippen LogP contribution is -2.57. The molecule has 0 amide bonds. The van der Waals surface area contributed by atoms with Gasteiger partial charge >= 0.3 is 12.1 Å². The van der Waals surface area contributed by atoms with Crippen LogP contribution in [-0.4, -0.2) is 62.3 Å². The number of aryl methyl sites for hydroxylation is 1. The summed E-state index contributed by atoms with van der Waals surface area (Å²) >= 11 is 0. The largest absolute Gasteiger partial charge is 0.465 e. The first-order chi connectivity index (χ1) is 16.6. The zero-order valence-corrected chi connectivity index (χ0v) is 19.4. The number of ether oxygens (including phenoxy) is 1. The summed E-state index contributed by atoms with van der Waals surface area (Å²) < 4.78 is 46.7. The molecular weight excluding hydrogens is 463 g/mol. The molecule has 8 nitrogen and oxygen atoms in total. The van der Waals surface area contributed by atoms with Gasteiger partial charge in [0.05, 0.1) is 25.4 Å². The molecule has 1 aromatic carbocycles. The van der Waals surface area contributed by atoms with E-state index in [2.05, 4.69) is 10.2 Å². The average molecular weight is 489 g/mol. The molecule has 1 fully saturated rings. The summed E-state index contributed by atoms with van der Waals surface area (Å²) in [5, 5.41) is 8.54. The maximum atomic E-state index is 12.7. The van der Waals surface area contributed by atoms with E-state index >= 15 is 0 Å². The summed E-state index contributed by atoms with van der Waals surface area (Å²) in [7, 11) is 1.79. The van der Waals surface area contributed by atoms with E-state index < -0.39 is 18.2 Å². The Morgan fingerprint density at radius 2 is 1.97 bits per heavy atom. The average Bonchev–Trinajstić information content (AvgIpc) is 3.20. The van der Waals surface area contributed by atoms with E-state index in [1.165, 1.54) is 11.0 Å². The number of carbonyl (C=O) groups is 1. The van der Waals surface area contributed by atoms with Crippen LogP contribution in [0.5, 0.6) is 0 Å². The van der Waals surface area contributed by atoms with Crippen LogP contribution in [-0.2, 0) is 29.4 Å². The topological polar surface area (TPSA) is 82.2 Å². The number of nitrogens with zero attached hydrogens (tertiary/aromatic N) is 5. The molecule has 0 saturated carbocycles. The molecule has 1 saturated heterocycles. The molecule has 4 rings (SSSR count). The zero-order valence-electron chi connectivity index (χ0n) is 19.4. The Hall–Kier alpha value is -3.47. The summed E-state index contributed by atoms with van der Waals surface area (Å²) in [6.07, 6.45) is 1.08. The SMILES string of the molecule is CC(N1CC(COC(=O)Cc2cccc(Cc3nn(-c4cnn(C)c4)ccc3=O)c2)C1)C(F)(F)F. The van der Waals surface area contributed by atoms with Crippen LogP contribution in [0.15, 0.2) is 53.7 Å². The highest BCUT2D eigenvalue weighted by atomic mass is 19.4. The summed E-state index contributed by atoms with van der Waals surface area (Å²) in [5.41, 5.74) is 2.44. The number of aromatic nitrogens is 4. The number of likely N-dealkylation sites (tertiary alicyclic amines) is 1. The van der Waals surface area contributed by atoms with Crippen molar-refractivity contribution >= 4 is 5.97 Å². The third-order valence-electron chi connectivity index (χ3n) is 6.03. The van der Waals surface area contributed by atoms with Gasteiger partial charge in [-0.2, -0.15) is 23.4 Å². The second-order valence-electron chi connectivity index (χ2n) is 8.84. The monoisotopic (exact) mass is 489 g/mol. The zero-order chi connectivity index (χ0) is 25.2. The van der Waals surface area contributed by atoms with Gasteiger partial charge in [-0.3, -0.25) is 19.2 Å². The van der Waals surface area contributed by atoms with Gasteiger partial charge in [-0.1, -0.05) is 24.3 Å². The Balaban J connectivity index is 1.31. The highest BCUT2D eigenvalue weighted by molar-refractivity contribution is 5.72. The van der Waals surface area contributed by atoms with E-state index in [0.717, 1.165) is 23.7 Å². The van der Waals surface area contributed by atoms with Crippen LogP contribution in [0.2, 0.25) is 0 Å². The molecule has 3 heterocycles. The number of hydrogen-bond donors (Lipinski definition) is 0. The summed E-state index contributed by atoms with van der Waals surface area (Å²) in [6.45, 7) is 1.74. The first-order valence-electron chi connectivity index (χ1n) is 11.2. The Labute approximate surface area is 199 Å². The number of benzene rings is 1. The van der Waals surface area contributed by atoms with Gasteiger partial charge in [0.25, 0.3) is 0 Å². The van der Waals surface area contributed by atoms with Gasteiger partial charge < -0.3 is 4.74 Å². The van der Waals surface area contributed by atoms with Crippen molar-refractivity contribution in [2.45, 2.75) is 32.0 Å². The molecule has 1 aliphatic rings. The van der Waals surface area contributed by atoms with E-state index in [1.807, 2.05) is 12.1 Å². The molecular formula is C24H26F3N5O3. The van der Waals surface area contributed by atoms with Crippen molar-refractivity contribution < 1.29 is 22.7 Å². The minimum absolute atomic E-state index is 0.0331. The van der Waals surface area contributed by atoms with Crippen molar-refractivity contribution in [2.75, 3.05) is 19.7 Å². The lowest BCUT2D eigenvalue weighted by molar-refractivity contribution is -0.196. The molecule has 1 aliphatic heterocycles. The van der Waals surface area contributed by atoms with Crippen LogP contribution in [0.1, 0.15) is 23.7 Å². The van der Waals surface area contributed by atoms with Gasteiger partial charge in [-0.15, -0.1) is 0 Å². The summed E-state index contributed by atoms with van der Waals surface area (Å²) in [6, 6.07) is 7.20. The minimum Gasteiger partial charge on any atom is -0.465 e. The quantitative estimate of drug-likeness (QED) is 0.453. The normalized spacial score (nSPS) is 15.6. The third kappa shape index (κ3) is 6.16. The van der Waals surface area contributed by atoms with Crippen molar-refractivity contribution in [1.29, 1.82) is 0 Å². The number of rotatable bonds is 8. The first-order valence-corrected chi connectivity index (χ1v) is 11.2. The molecule has 35 heavy (non-hydrogen) atoms. The number of esters is 1. The molecule has 0 N–H and O–H groups in total. The fourth-order valence-corrected chi connectivity index (χ4v) is 3.95. The molecule has 3 aromatic rings. The van der Waals surface area contributed by atoms with Gasteiger partial charge in [0.1, 0.15) is 17.4 Å². The second-order valence-corrected chi connectivity index (χ2v) is 8.84. The lowest BCUT2D eigenvalue weighted by Gasteiger charge is -2.43. The maximum absolute atomic E-state index is 12.7. The van der Waals surface area contributed by atoms with Crippen molar-refractivity contribution in [3.63, 3.8) is 0 Å². The summed E-state index contributed by atoms with van der Waals surface area (Å²) in [5.74, 6) is -0.539. The van der Waals surface area contributed by atoms with Crippen LogP contribution >= 0.6 is 0 Å². The summed E-state index contributed by atoms with van der Waals surface area (Å²) in [4.78, 5) is 25.9. The van der Waals surface area contributed by atoms with Crippen LogP contribution in [0, 0.1) is 5.92 Å². The van der Waals surface area contributed by atoms with E-state index in [0.29, 0.717) is 5.69 Å². The van der Waals surface area contributed by atoms with Gasteiger partial charge in [0.15, 0.2) is 0 Å². The van der Waals surface area contributed by atoms with Gasteiger partial charge in [0.2, 0.25) is 5.43 Å². The van der Waals surface area contributed by atoms with Crippen LogP contribution < -0.4 is 5.43 Å². The number of alkyl halides is 3. The molecule has 1 unspecified atom stereocenters. The Morgan fingerprint density at radius 1 is 1.23 bits per heavy atom. The number of halogens is 3. The van der Waals surface area contributed by atoms with Crippen LogP contribution in [0.25, 0.3) is 5.69 Å². The van der Waals surface area contributed by atoms with E-state index in [4.69, 9.17) is 4.74 Å². The Morgan fingerprint density at radius 3 is 2.66 bits per heavy atom. The molecule has 186 valence electrons. The molecule has 11 heteroatoms. The van der Waals surface area contributed by atoms with E-state index in [-0.39, 0.29) is 43.9 Å². The van der Waals surface area contributed by atoms with E-state index in [9.17, 15) is 22.8 Å². The first kappa shape index (κ1) is 24.6. The third-order valence-corrected chi connectivity index (χ3v) is 6.03. The molecule has 0 spiro atoms. The number of carbonyl (C=O) groups excluding carboxylic acids is 1. The molecule has 0 radical (unpaired) electrons. The van der Waals surface area contributed by atoms with Gasteiger partial charge in [-0.05, 0) is 18.1 Å². The number of hydrogen-bond acceptors (Lipinski definition) is 6. The second kappa shape index (κ2) is 10.0. The van der Waals surface area contributed by atoms with Crippen LogP contribution in [0.3, 0.4) is 0 Å². The smallest absolute Gasteiger partial charge is 0.403 e. The van der Waals surface area contributed by atoms with E-state index in [1.54, 1.807) is 47.1 Å². The standard InChI is InChI=1S/C24H26F3N5O3/c1-16(24(25,26)27)31-12-19(13-31)15-35-23(34)10-18-5-3-4-17(8-18)9-21-22(33)6-7-32(29-21)20-11-28-30(2)14-20/h3-8,11,14,16,19H,9-10,12-13,15H2,1-2H3. The van der Waals surface area contributed by atoms with Crippen molar-refractivity contribution in [1.82, 2.24) is 24.5 Å². The highest BCUT2D eigenvalue weighted by Crippen LogP contribution is 2.29. The fourth-order valence-electron chi connectivity index (χ4n) is 3.95. The Kier molecular flexibility index (Phi) is 7.06. The molecule has 2 aromatic heterocycles. The fraction of sp³-hybridized carbons (Fsp3) is 0.417. The van der Waals surface area contributed by atoms with Gasteiger partial charge in [0, 0.05) is 44.7 Å². The lowest BCUT2D eigenvalue weighted by atomic mass is 9.99. The van der Waals surface area contributed by atoms with Crippen molar-refractivity contribution in [3.8, 4) is 5.69 Å². The highest BCUT2D eigenvalue weighted by Gasteiger charge is 2.44.